The van der Waals surface area contributed by atoms with Crippen molar-refractivity contribution in [2.75, 3.05) is 20.2 Å². The van der Waals surface area contributed by atoms with Crippen molar-refractivity contribution in [3.63, 3.8) is 0 Å². The Morgan fingerprint density at radius 3 is 2.59 bits per heavy atom. The quantitative estimate of drug-likeness (QED) is 0.583. The number of hydrogen-bond donors (Lipinski definition) is 0. The Balaban J connectivity index is 1.39. The molecule has 1 aliphatic rings. The lowest BCUT2D eigenvalue weighted by Gasteiger charge is -2.31. The van der Waals surface area contributed by atoms with Crippen LogP contribution in [0.5, 0.6) is 11.5 Å². The Morgan fingerprint density at radius 1 is 1.12 bits per heavy atom. The van der Waals surface area contributed by atoms with E-state index in [4.69, 9.17) is 9.47 Å². The third-order valence-corrected chi connectivity index (χ3v) is 5.63. The van der Waals surface area contributed by atoms with Gasteiger partial charge in [-0.05, 0) is 38.0 Å². The first-order chi connectivity index (χ1) is 15.5. The van der Waals surface area contributed by atoms with E-state index in [0.717, 1.165) is 24.2 Å². The van der Waals surface area contributed by atoms with E-state index in [1.807, 2.05) is 19.1 Å². The largest absolute Gasteiger partial charge is 0.493 e. The second-order valence-electron chi connectivity index (χ2n) is 7.77. The molecule has 0 aliphatic carbocycles. The number of halogens is 1. The van der Waals surface area contributed by atoms with Gasteiger partial charge in [0.05, 0.1) is 24.7 Å². The van der Waals surface area contributed by atoms with Crippen LogP contribution in [0.15, 0.2) is 48.7 Å². The van der Waals surface area contributed by atoms with Gasteiger partial charge in [0, 0.05) is 30.6 Å². The molecule has 8 heteroatoms. The standard InChI is InChI=1S/C24H25FN4O3/c1-16-7-8-20(28-27-16)17-9-11-29(12-10-17)24(30)21-13-22(31-2)23(14-26-21)32-15-18-5-3-4-6-19(18)25/h3-8,13-14,17H,9-12,15H2,1-2H3. The number of nitrogens with zero attached hydrogens (tertiary/aromatic N) is 4. The number of ether oxygens (including phenoxy) is 2. The van der Waals surface area contributed by atoms with Crippen LogP contribution in [0.4, 0.5) is 4.39 Å². The van der Waals surface area contributed by atoms with E-state index in [-0.39, 0.29) is 24.0 Å². The topological polar surface area (TPSA) is 77.4 Å². The van der Waals surface area contributed by atoms with Crippen LogP contribution < -0.4 is 9.47 Å². The number of aromatic nitrogens is 3. The number of amides is 1. The van der Waals surface area contributed by atoms with Crippen LogP contribution in [0.1, 0.15) is 46.2 Å². The summed E-state index contributed by atoms with van der Waals surface area (Å²) in [6, 6.07) is 11.9. The molecule has 3 heterocycles. The Bertz CT molecular complexity index is 1080. The fraction of sp³-hybridized carbons (Fsp3) is 0.333. The van der Waals surface area contributed by atoms with Gasteiger partial charge in [-0.15, -0.1) is 0 Å². The molecule has 166 valence electrons. The lowest BCUT2D eigenvalue weighted by molar-refractivity contribution is 0.0705. The molecule has 0 radical (unpaired) electrons. The number of pyridine rings is 1. The predicted octanol–water partition coefficient (Wildman–Crippen LogP) is 3.93. The molecule has 1 aliphatic heterocycles. The third-order valence-electron chi connectivity index (χ3n) is 5.63. The van der Waals surface area contributed by atoms with Gasteiger partial charge in [-0.2, -0.15) is 10.2 Å². The first-order valence-electron chi connectivity index (χ1n) is 10.5. The Labute approximate surface area is 186 Å². The molecule has 4 rings (SSSR count). The van der Waals surface area contributed by atoms with Crippen LogP contribution in [-0.4, -0.2) is 46.2 Å². The van der Waals surface area contributed by atoms with E-state index in [0.29, 0.717) is 36.1 Å². The number of benzene rings is 1. The number of rotatable bonds is 6. The second kappa shape index (κ2) is 9.72. The molecule has 1 amide bonds. The Hall–Kier alpha value is -3.55. The SMILES string of the molecule is COc1cc(C(=O)N2CCC(c3ccc(C)nn3)CC2)ncc1OCc1ccccc1F. The van der Waals surface area contributed by atoms with Crippen LogP contribution in [0.25, 0.3) is 0 Å². The fourth-order valence-electron chi connectivity index (χ4n) is 3.75. The lowest BCUT2D eigenvalue weighted by atomic mass is 9.93. The van der Waals surface area contributed by atoms with E-state index in [2.05, 4.69) is 15.2 Å². The van der Waals surface area contributed by atoms with Gasteiger partial charge in [-0.25, -0.2) is 9.37 Å². The van der Waals surface area contributed by atoms with Gasteiger partial charge in [0.15, 0.2) is 11.5 Å². The van der Waals surface area contributed by atoms with Crippen molar-refractivity contribution in [2.45, 2.75) is 32.3 Å². The van der Waals surface area contributed by atoms with Crippen molar-refractivity contribution in [3.8, 4) is 11.5 Å². The molecule has 1 fully saturated rings. The van der Waals surface area contributed by atoms with Gasteiger partial charge in [-0.1, -0.05) is 18.2 Å². The van der Waals surface area contributed by atoms with Crippen molar-refractivity contribution < 1.29 is 18.7 Å². The molecule has 0 unspecified atom stereocenters. The first-order valence-corrected chi connectivity index (χ1v) is 10.5. The highest BCUT2D eigenvalue weighted by Gasteiger charge is 2.27. The van der Waals surface area contributed by atoms with Gasteiger partial charge < -0.3 is 14.4 Å². The zero-order chi connectivity index (χ0) is 22.5. The Morgan fingerprint density at radius 2 is 1.91 bits per heavy atom. The summed E-state index contributed by atoms with van der Waals surface area (Å²) in [7, 11) is 1.49. The minimum absolute atomic E-state index is 0.0351. The average molecular weight is 436 g/mol. The average Bonchev–Trinajstić information content (AvgIpc) is 2.83. The highest BCUT2D eigenvalue weighted by Crippen LogP contribution is 2.30. The van der Waals surface area contributed by atoms with Crippen molar-refractivity contribution in [2.24, 2.45) is 0 Å². The normalized spacial score (nSPS) is 14.3. The summed E-state index contributed by atoms with van der Waals surface area (Å²) in [6.45, 7) is 3.19. The number of methoxy groups -OCH3 is 1. The highest BCUT2D eigenvalue weighted by molar-refractivity contribution is 5.93. The van der Waals surface area contributed by atoms with Crippen LogP contribution in [0, 0.1) is 12.7 Å². The minimum Gasteiger partial charge on any atom is -0.493 e. The molecule has 3 aromatic rings. The van der Waals surface area contributed by atoms with Gasteiger partial charge in [0.1, 0.15) is 18.1 Å². The van der Waals surface area contributed by atoms with Gasteiger partial charge in [-0.3, -0.25) is 4.79 Å². The van der Waals surface area contributed by atoms with Crippen LogP contribution in [-0.2, 0) is 6.61 Å². The monoisotopic (exact) mass is 436 g/mol. The molecular formula is C24H25FN4O3. The van der Waals surface area contributed by atoms with Gasteiger partial charge >= 0.3 is 0 Å². The van der Waals surface area contributed by atoms with Crippen molar-refractivity contribution in [1.29, 1.82) is 0 Å². The second-order valence-corrected chi connectivity index (χ2v) is 7.77. The minimum atomic E-state index is -0.341. The van der Waals surface area contributed by atoms with Crippen molar-refractivity contribution in [1.82, 2.24) is 20.1 Å². The first kappa shape index (κ1) is 21.7. The van der Waals surface area contributed by atoms with Crippen LogP contribution in [0.3, 0.4) is 0 Å². The zero-order valence-corrected chi connectivity index (χ0v) is 18.1. The number of aryl methyl sites for hydroxylation is 1. The van der Waals surface area contributed by atoms with Gasteiger partial charge in [0.25, 0.3) is 5.91 Å². The van der Waals surface area contributed by atoms with E-state index < -0.39 is 0 Å². The number of piperidine rings is 1. The maximum atomic E-state index is 13.8. The molecule has 2 aromatic heterocycles. The molecule has 0 spiro atoms. The van der Waals surface area contributed by atoms with Gasteiger partial charge in [0.2, 0.25) is 0 Å². The van der Waals surface area contributed by atoms with Crippen molar-refractivity contribution in [3.05, 3.63) is 77.1 Å². The molecule has 1 aromatic carbocycles. The summed E-state index contributed by atoms with van der Waals surface area (Å²) in [5.41, 5.74) is 2.58. The van der Waals surface area contributed by atoms with Crippen molar-refractivity contribution >= 4 is 5.91 Å². The third kappa shape index (κ3) is 4.85. The molecular weight excluding hydrogens is 411 g/mol. The van der Waals surface area contributed by atoms with E-state index in [1.165, 1.54) is 19.4 Å². The summed E-state index contributed by atoms with van der Waals surface area (Å²) in [4.78, 5) is 19.0. The predicted molar refractivity (Wildman–Crippen MR) is 116 cm³/mol. The zero-order valence-electron chi connectivity index (χ0n) is 18.1. The molecule has 0 bridgehead atoms. The molecule has 1 saturated heterocycles. The van der Waals surface area contributed by atoms with Crippen LogP contribution in [0.2, 0.25) is 0 Å². The smallest absolute Gasteiger partial charge is 0.272 e. The van der Waals surface area contributed by atoms with E-state index in [9.17, 15) is 9.18 Å². The summed E-state index contributed by atoms with van der Waals surface area (Å²) < 4.78 is 24.9. The van der Waals surface area contributed by atoms with Crippen LogP contribution >= 0.6 is 0 Å². The lowest BCUT2D eigenvalue weighted by Crippen LogP contribution is -2.38. The number of carbonyl (C=O) groups excluding carboxylic acids is 1. The molecule has 0 saturated carbocycles. The summed E-state index contributed by atoms with van der Waals surface area (Å²) in [5.74, 6) is 0.529. The number of hydrogen-bond acceptors (Lipinski definition) is 6. The fourth-order valence-corrected chi connectivity index (χ4v) is 3.75. The van der Waals surface area contributed by atoms with E-state index in [1.54, 1.807) is 29.2 Å². The Kier molecular flexibility index (Phi) is 6.58. The highest BCUT2D eigenvalue weighted by atomic mass is 19.1. The molecule has 0 atom stereocenters. The summed E-state index contributed by atoms with van der Waals surface area (Å²) in [6.07, 6.45) is 3.09. The number of likely N-dealkylation sites (tertiary alicyclic amines) is 1. The molecule has 7 nitrogen and oxygen atoms in total. The molecule has 32 heavy (non-hydrogen) atoms. The summed E-state index contributed by atoms with van der Waals surface area (Å²) >= 11 is 0. The maximum absolute atomic E-state index is 13.8. The van der Waals surface area contributed by atoms with E-state index >= 15 is 0 Å². The molecule has 0 N–H and O–H groups in total. The number of carbonyl (C=O) groups is 1. The maximum Gasteiger partial charge on any atom is 0.272 e. The summed E-state index contributed by atoms with van der Waals surface area (Å²) in [5, 5.41) is 8.42.